The molecule has 4 rings (SSSR count). The molecule has 2 aromatic rings. The molecule has 8 nitrogen and oxygen atoms in total. The van der Waals surface area contributed by atoms with Crippen molar-refractivity contribution in [1.29, 1.82) is 0 Å². The molecule has 1 aromatic carbocycles. The fourth-order valence-electron chi connectivity index (χ4n) is 4.40. The van der Waals surface area contributed by atoms with Gasteiger partial charge in [-0.25, -0.2) is 9.80 Å². The molecule has 0 aliphatic carbocycles. The van der Waals surface area contributed by atoms with E-state index in [-0.39, 0.29) is 11.9 Å². The highest BCUT2D eigenvalue weighted by Gasteiger charge is 2.37. The normalized spacial score (nSPS) is 19.7. The summed E-state index contributed by atoms with van der Waals surface area (Å²) < 4.78 is 38.4. The molecule has 0 bridgehead atoms. The van der Waals surface area contributed by atoms with Crippen LogP contribution in [0, 0.1) is 6.92 Å². The third-order valence-electron chi connectivity index (χ3n) is 6.59. The highest BCUT2D eigenvalue weighted by atomic mass is 19.4. The Balaban J connectivity index is 1.49. The van der Waals surface area contributed by atoms with Crippen molar-refractivity contribution in [2.45, 2.75) is 39.0 Å². The third kappa shape index (κ3) is 5.67. The number of hydrogen-bond donors (Lipinski definition) is 1. The molecule has 1 aromatic heterocycles. The predicted molar refractivity (Wildman–Crippen MR) is 128 cm³/mol. The van der Waals surface area contributed by atoms with Gasteiger partial charge in [-0.2, -0.15) is 18.3 Å². The number of alkyl halides is 3. The van der Waals surface area contributed by atoms with Crippen LogP contribution in [0.1, 0.15) is 42.3 Å². The molecule has 1 N–H and O–H groups in total. The fourth-order valence-corrected chi connectivity index (χ4v) is 4.40. The number of benzene rings is 1. The van der Waals surface area contributed by atoms with E-state index in [4.69, 9.17) is 0 Å². The van der Waals surface area contributed by atoms with E-state index in [2.05, 4.69) is 20.3 Å². The van der Waals surface area contributed by atoms with Crippen molar-refractivity contribution in [3.8, 4) is 0 Å². The van der Waals surface area contributed by atoms with Crippen molar-refractivity contribution in [3.63, 3.8) is 0 Å². The Bertz CT molecular complexity index is 1130. The van der Waals surface area contributed by atoms with Gasteiger partial charge in [0.05, 0.1) is 24.3 Å². The van der Waals surface area contributed by atoms with Crippen molar-refractivity contribution in [2.24, 2.45) is 5.10 Å². The Labute approximate surface area is 207 Å². The van der Waals surface area contributed by atoms with E-state index in [1.165, 1.54) is 11.1 Å². The average Bonchev–Trinajstić information content (AvgIpc) is 3.30. The van der Waals surface area contributed by atoms with Crippen molar-refractivity contribution in [3.05, 3.63) is 65.0 Å². The molecule has 3 amide bonds. The zero-order valence-electron chi connectivity index (χ0n) is 20.4. The standard InChI is InChI=1S/C25H29F3N6O2/c1-16-4-6-19(7-5-16)23-21(33-12-10-32(11-13-33)18(3)35)15-34(31-23)24(36)30-17(2)20-8-9-22(29-14-20)25(26,27)28/h4-9,14,17,21H,10-13,15H2,1-3H3,(H,30,36)/t17?,21-/m0/s1. The minimum atomic E-state index is -4.52. The van der Waals surface area contributed by atoms with Gasteiger partial charge in [-0.15, -0.1) is 0 Å². The third-order valence-corrected chi connectivity index (χ3v) is 6.59. The van der Waals surface area contributed by atoms with E-state index in [0.717, 1.165) is 29.1 Å². The first kappa shape index (κ1) is 25.6. The summed E-state index contributed by atoms with van der Waals surface area (Å²) >= 11 is 0. The van der Waals surface area contributed by atoms with Crippen LogP contribution in [0.3, 0.4) is 0 Å². The lowest BCUT2D eigenvalue weighted by atomic mass is 10.0. The fraction of sp³-hybridized carbons (Fsp3) is 0.440. The van der Waals surface area contributed by atoms with Crippen molar-refractivity contribution < 1.29 is 22.8 Å². The molecule has 2 atom stereocenters. The lowest BCUT2D eigenvalue weighted by Gasteiger charge is -2.37. The smallest absolute Gasteiger partial charge is 0.340 e. The second-order valence-electron chi connectivity index (χ2n) is 9.14. The number of nitrogens with one attached hydrogen (secondary N) is 1. The minimum absolute atomic E-state index is 0.0428. The van der Waals surface area contributed by atoms with Crippen LogP contribution in [-0.2, 0) is 11.0 Å². The van der Waals surface area contributed by atoms with Gasteiger partial charge in [0.15, 0.2) is 0 Å². The Morgan fingerprint density at radius 2 is 1.72 bits per heavy atom. The number of rotatable bonds is 4. The van der Waals surface area contributed by atoms with Gasteiger partial charge in [-0.1, -0.05) is 35.9 Å². The van der Waals surface area contributed by atoms with Crippen LogP contribution in [-0.4, -0.2) is 76.2 Å². The number of hydrogen-bond acceptors (Lipinski definition) is 5. The zero-order chi connectivity index (χ0) is 26.0. The number of piperazine rings is 1. The number of halogens is 3. The van der Waals surface area contributed by atoms with Crippen LogP contribution in [0.4, 0.5) is 18.0 Å². The van der Waals surface area contributed by atoms with E-state index in [0.29, 0.717) is 38.3 Å². The molecule has 3 heterocycles. The van der Waals surface area contributed by atoms with Crippen molar-refractivity contribution in [2.75, 3.05) is 32.7 Å². The molecule has 1 fully saturated rings. The highest BCUT2D eigenvalue weighted by Crippen LogP contribution is 2.28. The summed E-state index contributed by atoms with van der Waals surface area (Å²) in [7, 11) is 0. The number of nitrogens with zero attached hydrogens (tertiary/aromatic N) is 5. The van der Waals surface area contributed by atoms with Gasteiger partial charge in [0.2, 0.25) is 5.91 Å². The summed E-state index contributed by atoms with van der Waals surface area (Å²) in [5.41, 5.74) is 2.26. The number of carbonyl (C=O) groups is 2. The van der Waals surface area contributed by atoms with Crippen LogP contribution < -0.4 is 5.32 Å². The maximum Gasteiger partial charge on any atom is 0.433 e. The highest BCUT2D eigenvalue weighted by molar-refractivity contribution is 6.06. The maximum atomic E-state index is 13.1. The summed E-state index contributed by atoms with van der Waals surface area (Å²) in [5.74, 6) is 0.0428. The van der Waals surface area contributed by atoms with Crippen LogP contribution in [0.2, 0.25) is 0 Å². The largest absolute Gasteiger partial charge is 0.433 e. The Morgan fingerprint density at radius 3 is 2.28 bits per heavy atom. The zero-order valence-corrected chi connectivity index (χ0v) is 20.4. The first-order valence-electron chi connectivity index (χ1n) is 11.8. The van der Waals surface area contributed by atoms with Crippen molar-refractivity contribution in [1.82, 2.24) is 25.1 Å². The molecule has 1 saturated heterocycles. The Morgan fingerprint density at radius 1 is 1.06 bits per heavy atom. The van der Waals surface area contributed by atoms with E-state index < -0.39 is 23.9 Å². The maximum absolute atomic E-state index is 13.1. The van der Waals surface area contributed by atoms with Gasteiger partial charge < -0.3 is 10.2 Å². The second-order valence-corrected chi connectivity index (χ2v) is 9.14. The molecule has 0 saturated carbocycles. The first-order valence-corrected chi connectivity index (χ1v) is 11.8. The number of aromatic nitrogens is 1. The van der Waals surface area contributed by atoms with Crippen molar-refractivity contribution >= 4 is 17.6 Å². The molecule has 2 aliphatic heterocycles. The van der Waals surface area contributed by atoms with E-state index in [1.807, 2.05) is 31.2 Å². The monoisotopic (exact) mass is 502 g/mol. The van der Waals surface area contributed by atoms with Gasteiger partial charge in [0, 0.05) is 39.3 Å². The van der Waals surface area contributed by atoms with E-state index >= 15 is 0 Å². The average molecular weight is 503 g/mol. The summed E-state index contributed by atoms with van der Waals surface area (Å²) in [6.45, 7) is 8.11. The lowest BCUT2D eigenvalue weighted by Crippen LogP contribution is -2.54. The van der Waals surface area contributed by atoms with Crippen LogP contribution in [0.15, 0.2) is 47.7 Å². The molecule has 192 valence electrons. The van der Waals surface area contributed by atoms with Gasteiger partial charge in [-0.3, -0.25) is 14.7 Å². The van der Waals surface area contributed by atoms with E-state index in [1.54, 1.807) is 18.7 Å². The van der Waals surface area contributed by atoms with Gasteiger partial charge in [-0.05, 0) is 31.0 Å². The van der Waals surface area contributed by atoms with Gasteiger partial charge >= 0.3 is 12.2 Å². The summed E-state index contributed by atoms with van der Waals surface area (Å²) in [6, 6.07) is 8.99. The quantitative estimate of drug-likeness (QED) is 0.695. The molecule has 1 unspecified atom stereocenters. The predicted octanol–water partition coefficient (Wildman–Crippen LogP) is 3.43. The molecule has 0 radical (unpaired) electrons. The summed E-state index contributed by atoms with van der Waals surface area (Å²) in [4.78, 5) is 32.3. The molecular weight excluding hydrogens is 473 g/mol. The Hall–Kier alpha value is -3.47. The van der Waals surface area contributed by atoms with Crippen LogP contribution >= 0.6 is 0 Å². The number of pyridine rings is 1. The van der Waals surface area contributed by atoms with E-state index in [9.17, 15) is 22.8 Å². The molecule has 11 heteroatoms. The first-order chi connectivity index (χ1) is 17.0. The van der Waals surface area contributed by atoms with Crippen LogP contribution in [0.5, 0.6) is 0 Å². The number of urea groups is 1. The minimum Gasteiger partial charge on any atom is -0.340 e. The number of carbonyl (C=O) groups excluding carboxylic acids is 2. The summed E-state index contributed by atoms with van der Waals surface area (Å²) in [5, 5.41) is 8.82. The summed E-state index contributed by atoms with van der Waals surface area (Å²) in [6.07, 6.45) is -3.40. The molecular formula is C25H29F3N6O2. The molecule has 0 spiro atoms. The van der Waals surface area contributed by atoms with Gasteiger partial charge in [0.25, 0.3) is 0 Å². The number of aryl methyl sites for hydroxylation is 1. The topological polar surface area (TPSA) is 81.1 Å². The molecule has 36 heavy (non-hydrogen) atoms. The Kier molecular flexibility index (Phi) is 7.30. The van der Waals surface area contributed by atoms with Gasteiger partial charge in [0.1, 0.15) is 5.69 Å². The SMILES string of the molecule is CC(=O)N1CCN([C@H]2CN(C(=O)NC(C)c3ccc(C(F)(F)F)nc3)N=C2c2ccc(C)cc2)CC1. The second kappa shape index (κ2) is 10.3. The number of amides is 3. The lowest BCUT2D eigenvalue weighted by molar-refractivity contribution is -0.141. The molecule has 2 aliphatic rings. The van der Waals surface area contributed by atoms with Crippen LogP contribution in [0.25, 0.3) is 0 Å². The number of hydrazone groups is 1.